The van der Waals surface area contributed by atoms with Crippen molar-refractivity contribution in [2.45, 2.75) is 13.3 Å². The molecule has 0 aliphatic rings. The third kappa shape index (κ3) is 3.12. The van der Waals surface area contributed by atoms with Gasteiger partial charge in [-0.3, -0.25) is 4.79 Å². The van der Waals surface area contributed by atoms with Crippen molar-refractivity contribution in [3.05, 3.63) is 21.9 Å². The van der Waals surface area contributed by atoms with E-state index in [9.17, 15) is 4.79 Å². The SMILES string of the molecule is CCOC(=O)Cc1cc(Cl)nnc1Cl. The van der Waals surface area contributed by atoms with Crippen LogP contribution in [0.3, 0.4) is 0 Å². The van der Waals surface area contributed by atoms with Crippen molar-refractivity contribution in [2.24, 2.45) is 0 Å². The van der Waals surface area contributed by atoms with Crippen molar-refractivity contribution in [2.75, 3.05) is 6.61 Å². The summed E-state index contributed by atoms with van der Waals surface area (Å²) < 4.78 is 4.75. The first-order valence-electron chi connectivity index (χ1n) is 3.96. The van der Waals surface area contributed by atoms with Crippen LogP contribution in [0.15, 0.2) is 6.07 Å². The highest BCUT2D eigenvalue weighted by molar-refractivity contribution is 6.31. The monoisotopic (exact) mass is 234 g/mol. The van der Waals surface area contributed by atoms with Crippen molar-refractivity contribution in [3.63, 3.8) is 0 Å². The number of aromatic nitrogens is 2. The van der Waals surface area contributed by atoms with E-state index < -0.39 is 0 Å². The van der Waals surface area contributed by atoms with E-state index in [1.807, 2.05) is 0 Å². The highest BCUT2D eigenvalue weighted by atomic mass is 35.5. The molecular formula is C8H8Cl2N2O2. The van der Waals surface area contributed by atoms with Gasteiger partial charge in [-0.15, -0.1) is 10.2 Å². The maximum Gasteiger partial charge on any atom is 0.310 e. The van der Waals surface area contributed by atoms with Gasteiger partial charge in [0.25, 0.3) is 0 Å². The Bertz CT molecular complexity index is 344. The summed E-state index contributed by atoms with van der Waals surface area (Å²) in [7, 11) is 0. The highest BCUT2D eigenvalue weighted by Gasteiger charge is 2.09. The van der Waals surface area contributed by atoms with Crippen LogP contribution in [0.4, 0.5) is 0 Å². The van der Waals surface area contributed by atoms with Gasteiger partial charge in [0.05, 0.1) is 13.0 Å². The second-order valence-corrected chi connectivity index (χ2v) is 3.21. The molecule has 1 rings (SSSR count). The van der Waals surface area contributed by atoms with Gasteiger partial charge in [0.1, 0.15) is 0 Å². The van der Waals surface area contributed by atoms with Crippen LogP contribution in [0.5, 0.6) is 0 Å². The lowest BCUT2D eigenvalue weighted by Gasteiger charge is -2.02. The third-order valence-corrected chi connectivity index (χ3v) is 1.93. The fourth-order valence-corrected chi connectivity index (χ4v) is 1.21. The van der Waals surface area contributed by atoms with Crippen LogP contribution in [-0.4, -0.2) is 22.8 Å². The number of ether oxygens (including phenoxy) is 1. The summed E-state index contributed by atoms with van der Waals surface area (Å²) in [6, 6.07) is 1.49. The molecule has 0 radical (unpaired) electrons. The quantitative estimate of drug-likeness (QED) is 0.750. The standard InChI is InChI=1S/C8H8Cl2N2O2/c1-2-14-7(13)4-5-3-6(9)11-12-8(5)10/h3H,2,4H2,1H3. The smallest absolute Gasteiger partial charge is 0.310 e. The lowest BCUT2D eigenvalue weighted by atomic mass is 10.2. The van der Waals surface area contributed by atoms with Crippen LogP contribution in [0.2, 0.25) is 10.3 Å². The van der Waals surface area contributed by atoms with Gasteiger partial charge in [-0.05, 0) is 13.0 Å². The van der Waals surface area contributed by atoms with Crippen molar-refractivity contribution in [1.29, 1.82) is 0 Å². The zero-order chi connectivity index (χ0) is 10.6. The van der Waals surface area contributed by atoms with E-state index in [0.29, 0.717) is 12.2 Å². The average Bonchev–Trinajstić information content (AvgIpc) is 2.12. The first kappa shape index (κ1) is 11.2. The molecule has 0 aromatic carbocycles. The zero-order valence-corrected chi connectivity index (χ0v) is 8.97. The number of rotatable bonds is 3. The molecule has 4 nitrogen and oxygen atoms in total. The molecule has 0 aliphatic heterocycles. The number of hydrogen-bond donors (Lipinski definition) is 0. The molecule has 0 unspecified atom stereocenters. The van der Waals surface area contributed by atoms with E-state index in [1.165, 1.54) is 6.07 Å². The maximum atomic E-state index is 11.1. The number of carbonyl (C=O) groups is 1. The van der Waals surface area contributed by atoms with E-state index in [1.54, 1.807) is 6.92 Å². The lowest BCUT2D eigenvalue weighted by molar-refractivity contribution is -0.142. The summed E-state index contributed by atoms with van der Waals surface area (Å²) >= 11 is 11.3. The molecule has 1 heterocycles. The summed E-state index contributed by atoms with van der Waals surface area (Å²) in [4.78, 5) is 11.1. The summed E-state index contributed by atoms with van der Waals surface area (Å²) in [5, 5.41) is 7.46. The Hall–Kier alpha value is -0.870. The Morgan fingerprint density at radius 2 is 2.21 bits per heavy atom. The van der Waals surface area contributed by atoms with Gasteiger partial charge >= 0.3 is 5.97 Å². The van der Waals surface area contributed by atoms with Crippen LogP contribution in [0.1, 0.15) is 12.5 Å². The number of esters is 1. The molecule has 76 valence electrons. The van der Waals surface area contributed by atoms with E-state index in [0.717, 1.165) is 0 Å². The Kier molecular flexibility index (Phi) is 4.10. The van der Waals surface area contributed by atoms with Crippen molar-refractivity contribution >= 4 is 29.2 Å². The van der Waals surface area contributed by atoms with Crippen molar-refractivity contribution < 1.29 is 9.53 Å². The number of nitrogens with zero attached hydrogens (tertiary/aromatic N) is 2. The molecule has 0 saturated carbocycles. The van der Waals surface area contributed by atoms with E-state index >= 15 is 0 Å². The molecule has 1 aromatic heterocycles. The van der Waals surface area contributed by atoms with Gasteiger partial charge < -0.3 is 4.74 Å². The molecule has 0 aliphatic carbocycles. The fourth-order valence-electron chi connectivity index (χ4n) is 0.880. The van der Waals surface area contributed by atoms with Crippen molar-refractivity contribution in [3.8, 4) is 0 Å². The number of carbonyl (C=O) groups excluding carboxylic acids is 1. The van der Waals surface area contributed by atoms with Crippen LogP contribution in [0, 0.1) is 0 Å². The molecule has 0 fully saturated rings. The molecule has 0 atom stereocenters. The Labute approximate surface area is 91.2 Å². The second kappa shape index (κ2) is 5.12. The first-order valence-corrected chi connectivity index (χ1v) is 4.72. The summed E-state index contributed by atoms with van der Waals surface area (Å²) in [6.45, 7) is 2.07. The predicted octanol–water partition coefficient (Wildman–Crippen LogP) is 1.89. The third-order valence-electron chi connectivity index (χ3n) is 1.43. The second-order valence-electron chi connectivity index (χ2n) is 2.46. The minimum atomic E-state index is -0.363. The molecule has 0 bridgehead atoms. The van der Waals surface area contributed by atoms with Gasteiger partial charge in [-0.2, -0.15) is 0 Å². The van der Waals surface area contributed by atoms with Gasteiger partial charge in [-0.1, -0.05) is 23.2 Å². The van der Waals surface area contributed by atoms with Crippen LogP contribution < -0.4 is 0 Å². The Morgan fingerprint density at radius 3 is 2.86 bits per heavy atom. The maximum absolute atomic E-state index is 11.1. The Morgan fingerprint density at radius 1 is 1.50 bits per heavy atom. The van der Waals surface area contributed by atoms with Gasteiger partial charge in [0, 0.05) is 5.56 Å². The lowest BCUT2D eigenvalue weighted by Crippen LogP contribution is -2.08. The normalized spacial score (nSPS) is 9.93. The van der Waals surface area contributed by atoms with E-state index in [2.05, 4.69) is 10.2 Å². The molecule has 0 amide bonds. The van der Waals surface area contributed by atoms with Crippen molar-refractivity contribution in [1.82, 2.24) is 10.2 Å². The van der Waals surface area contributed by atoms with E-state index in [-0.39, 0.29) is 22.7 Å². The molecule has 0 saturated heterocycles. The Balaban J connectivity index is 2.75. The minimum absolute atomic E-state index is 0.0575. The summed E-state index contributed by atoms with van der Waals surface area (Å²) in [5.41, 5.74) is 0.519. The molecule has 0 N–H and O–H groups in total. The van der Waals surface area contributed by atoms with E-state index in [4.69, 9.17) is 27.9 Å². The molecular weight excluding hydrogens is 227 g/mol. The van der Waals surface area contributed by atoms with Gasteiger partial charge in [-0.25, -0.2) is 0 Å². The topological polar surface area (TPSA) is 52.1 Å². The highest BCUT2D eigenvalue weighted by Crippen LogP contribution is 2.16. The average molecular weight is 235 g/mol. The summed E-state index contributed by atoms with van der Waals surface area (Å²) in [5.74, 6) is -0.363. The minimum Gasteiger partial charge on any atom is -0.466 e. The van der Waals surface area contributed by atoms with Crippen LogP contribution >= 0.6 is 23.2 Å². The molecule has 14 heavy (non-hydrogen) atoms. The largest absolute Gasteiger partial charge is 0.466 e. The van der Waals surface area contributed by atoms with Gasteiger partial charge in [0.2, 0.25) is 0 Å². The number of hydrogen-bond acceptors (Lipinski definition) is 4. The molecule has 0 spiro atoms. The molecule has 1 aromatic rings. The zero-order valence-electron chi connectivity index (χ0n) is 7.46. The fraction of sp³-hybridized carbons (Fsp3) is 0.375. The first-order chi connectivity index (χ1) is 6.63. The molecule has 6 heteroatoms. The number of halogens is 2. The predicted molar refractivity (Wildman–Crippen MR) is 52.4 cm³/mol. The van der Waals surface area contributed by atoms with Crippen LogP contribution in [0.25, 0.3) is 0 Å². The van der Waals surface area contributed by atoms with Crippen LogP contribution in [-0.2, 0) is 16.0 Å². The van der Waals surface area contributed by atoms with Gasteiger partial charge in [0.15, 0.2) is 10.3 Å². The summed E-state index contributed by atoms with van der Waals surface area (Å²) in [6.07, 6.45) is 0.0575.